The molecule has 0 atom stereocenters. The number of carbonyl (C=O) groups is 1. The number of carbonyl (C=O) groups excluding carboxylic acids is 1. The van der Waals surface area contributed by atoms with Gasteiger partial charge in [0.1, 0.15) is 6.26 Å². The van der Waals surface area contributed by atoms with E-state index in [0.717, 1.165) is 0 Å². The highest BCUT2D eigenvalue weighted by Gasteiger charge is 2.05. The van der Waals surface area contributed by atoms with Gasteiger partial charge >= 0.3 is 0 Å². The molecule has 0 unspecified atom stereocenters. The van der Waals surface area contributed by atoms with E-state index in [2.05, 4.69) is 10.3 Å². The van der Waals surface area contributed by atoms with Gasteiger partial charge in [0, 0.05) is 0 Å². The highest BCUT2D eigenvalue weighted by Crippen LogP contribution is 2.05. The van der Waals surface area contributed by atoms with Crippen LogP contribution in [-0.2, 0) is 19.8 Å². The van der Waals surface area contributed by atoms with Gasteiger partial charge in [-0.2, -0.15) is 13.9 Å². The first-order chi connectivity index (χ1) is 8.00. The average molecular weight is 257 g/mol. The number of hydrogen-bond acceptors (Lipinski definition) is 4. The van der Waals surface area contributed by atoms with Gasteiger partial charge in [0.25, 0.3) is 16.0 Å². The van der Waals surface area contributed by atoms with E-state index < -0.39 is 10.1 Å². The highest BCUT2D eigenvalue weighted by atomic mass is 32.2. The standard InChI is InChI=1S/C6H6O3S.C4H5NO2/c7-10(8,9)6-4-2-1-3-5-6;6-4-2-1-3-7-5-4/h1-5H,(H,7,8,9);1,3H,2H2,(H,5,6). The van der Waals surface area contributed by atoms with Gasteiger partial charge in [-0.25, -0.2) is 0 Å². The number of rotatable bonds is 1. The Bertz CT molecular complexity index is 495. The summed E-state index contributed by atoms with van der Waals surface area (Å²) < 4.78 is 29.2. The first-order valence-electron chi connectivity index (χ1n) is 4.62. The second-order valence-corrected chi connectivity index (χ2v) is 4.43. The molecule has 1 aromatic rings. The summed E-state index contributed by atoms with van der Waals surface area (Å²) in [5.74, 6) is -0.0949. The van der Waals surface area contributed by atoms with Crippen molar-refractivity contribution in [2.24, 2.45) is 0 Å². The fourth-order valence-electron chi connectivity index (χ4n) is 0.937. The highest BCUT2D eigenvalue weighted by molar-refractivity contribution is 7.85. The van der Waals surface area contributed by atoms with E-state index in [4.69, 9.17) is 4.55 Å². The van der Waals surface area contributed by atoms with E-state index in [1.807, 2.05) is 0 Å². The molecule has 0 radical (unpaired) electrons. The molecule has 6 nitrogen and oxygen atoms in total. The first kappa shape index (κ1) is 13.2. The summed E-state index contributed by atoms with van der Waals surface area (Å²) in [6.45, 7) is 0. The molecule has 1 heterocycles. The summed E-state index contributed by atoms with van der Waals surface area (Å²) in [5.41, 5.74) is 2.16. The van der Waals surface area contributed by atoms with Crippen LogP contribution in [0.4, 0.5) is 0 Å². The molecule has 0 saturated heterocycles. The molecule has 2 rings (SSSR count). The number of nitrogens with one attached hydrogen (secondary N) is 1. The molecular weight excluding hydrogens is 246 g/mol. The van der Waals surface area contributed by atoms with Crippen molar-refractivity contribution in [1.82, 2.24) is 5.48 Å². The molecule has 7 heteroatoms. The van der Waals surface area contributed by atoms with Gasteiger partial charge in [0.15, 0.2) is 0 Å². The van der Waals surface area contributed by atoms with Crippen molar-refractivity contribution in [3.05, 3.63) is 42.7 Å². The van der Waals surface area contributed by atoms with Crippen molar-refractivity contribution >= 4 is 16.0 Å². The van der Waals surface area contributed by atoms with E-state index in [1.54, 1.807) is 24.3 Å². The molecule has 0 saturated carbocycles. The van der Waals surface area contributed by atoms with Crippen molar-refractivity contribution in [3.63, 3.8) is 0 Å². The number of hydrogen-bond donors (Lipinski definition) is 2. The van der Waals surface area contributed by atoms with Crippen LogP contribution in [0.15, 0.2) is 47.6 Å². The van der Waals surface area contributed by atoms with E-state index in [0.29, 0.717) is 6.42 Å². The van der Waals surface area contributed by atoms with E-state index in [-0.39, 0.29) is 10.8 Å². The van der Waals surface area contributed by atoms with Crippen LogP contribution in [0.2, 0.25) is 0 Å². The van der Waals surface area contributed by atoms with Crippen LogP contribution in [0.5, 0.6) is 0 Å². The average Bonchev–Trinajstić information content (AvgIpc) is 2.31. The predicted octanol–water partition coefficient (Wildman–Crippen LogP) is 0.885. The maximum Gasteiger partial charge on any atom is 0.294 e. The Labute approximate surface area is 98.6 Å². The fraction of sp³-hybridized carbons (Fsp3) is 0.100. The van der Waals surface area contributed by atoms with Gasteiger partial charge in [0.2, 0.25) is 0 Å². The summed E-state index contributed by atoms with van der Waals surface area (Å²) in [7, 11) is -4.00. The summed E-state index contributed by atoms with van der Waals surface area (Å²) in [4.78, 5) is 14.5. The predicted molar refractivity (Wildman–Crippen MR) is 59.2 cm³/mol. The van der Waals surface area contributed by atoms with E-state index in [1.165, 1.54) is 18.4 Å². The van der Waals surface area contributed by atoms with Crippen molar-refractivity contribution in [2.75, 3.05) is 0 Å². The van der Waals surface area contributed by atoms with Crippen LogP contribution in [0.3, 0.4) is 0 Å². The topological polar surface area (TPSA) is 92.7 Å². The third kappa shape index (κ3) is 5.14. The summed E-state index contributed by atoms with van der Waals surface area (Å²) >= 11 is 0. The van der Waals surface area contributed by atoms with Crippen LogP contribution in [0, 0.1) is 0 Å². The number of amides is 1. The molecule has 17 heavy (non-hydrogen) atoms. The zero-order valence-corrected chi connectivity index (χ0v) is 9.55. The molecule has 0 aliphatic carbocycles. The number of hydroxylamine groups is 1. The lowest BCUT2D eigenvalue weighted by molar-refractivity contribution is -0.130. The largest absolute Gasteiger partial charge is 0.388 e. The van der Waals surface area contributed by atoms with E-state index in [9.17, 15) is 13.2 Å². The fourth-order valence-corrected chi connectivity index (χ4v) is 1.44. The Hall–Kier alpha value is -1.86. The molecule has 0 bridgehead atoms. The second kappa shape index (κ2) is 6.02. The minimum atomic E-state index is -4.00. The summed E-state index contributed by atoms with van der Waals surface area (Å²) in [6.07, 6.45) is 3.53. The monoisotopic (exact) mass is 257 g/mol. The van der Waals surface area contributed by atoms with Gasteiger partial charge in [0.05, 0.1) is 11.3 Å². The van der Waals surface area contributed by atoms with Gasteiger partial charge in [-0.3, -0.25) is 9.35 Å². The molecule has 1 aliphatic heterocycles. The molecular formula is C10H11NO5S. The maximum absolute atomic E-state index is 10.4. The molecule has 92 valence electrons. The van der Waals surface area contributed by atoms with E-state index >= 15 is 0 Å². The Morgan fingerprint density at radius 1 is 1.24 bits per heavy atom. The van der Waals surface area contributed by atoms with Crippen molar-refractivity contribution in [1.29, 1.82) is 0 Å². The smallest absolute Gasteiger partial charge is 0.294 e. The van der Waals surface area contributed by atoms with Crippen LogP contribution in [0.1, 0.15) is 6.42 Å². The van der Waals surface area contributed by atoms with Crippen molar-refractivity contribution in [3.8, 4) is 0 Å². The van der Waals surface area contributed by atoms with Crippen molar-refractivity contribution < 1.29 is 22.6 Å². The Morgan fingerprint density at radius 2 is 1.88 bits per heavy atom. The Balaban J connectivity index is 0.000000181. The summed E-state index contributed by atoms with van der Waals surface area (Å²) in [6, 6.07) is 7.42. The zero-order chi connectivity index (χ0) is 12.7. The van der Waals surface area contributed by atoms with Gasteiger partial charge in [-0.15, -0.1) is 0 Å². The molecule has 0 spiro atoms. The quantitative estimate of drug-likeness (QED) is 0.729. The van der Waals surface area contributed by atoms with Crippen molar-refractivity contribution in [2.45, 2.75) is 11.3 Å². The van der Waals surface area contributed by atoms with Crippen LogP contribution in [-0.4, -0.2) is 18.9 Å². The normalized spacial score (nSPS) is 14.1. The second-order valence-electron chi connectivity index (χ2n) is 3.01. The van der Waals surface area contributed by atoms with Crippen LogP contribution in [0.25, 0.3) is 0 Å². The van der Waals surface area contributed by atoms with Gasteiger partial charge in [-0.05, 0) is 18.2 Å². The van der Waals surface area contributed by atoms with Gasteiger partial charge in [-0.1, -0.05) is 18.2 Å². The lowest BCUT2D eigenvalue weighted by Gasteiger charge is -2.03. The molecule has 2 N–H and O–H groups in total. The Kier molecular flexibility index (Phi) is 4.68. The molecule has 0 fully saturated rings. The third-order valence-electron chi connectivity index (χ3n) is 1.68. The maximum atomic E-state index is 10.4. The lowest BCUT2D eigenvalue weighted by atomic mass is 10.4. The SMILES string of the molecule is O=C1CC=CON1.O=S(=O)(O)c1ccccc1. The minimum absolute atomic E-state index is 0.0741. The molecule has 0 aromatic heterocycles. The first-order valence-corrected chi connectivity index (χ1v) is 6.06. The van der Waals surface area contributed by atoms with Gasteiger partial charge < -0.3 is 4.84 Å². The lowest BCUT2D eigenvalue weighted by Crippen LogP contribution is -2.22. The molecule has 1 amide bonds. The number of benzene rings is 1. The molecule has 1 aromatic carbocycles. The molecule has 1 aliphatic rings. The minimum Gasteiger partial charge on any atom is -0.388 e. The van der Waals surface area contributed by atoms with Crippen LogP contribution < -0.4 is 5.48 Å². The third-order valence-corrected chi connectivity index (χ3v) is 2.55. The Morgan fingerprint density at radius 3 is 2.18 bits per heavy atom. The summed E-state index contributed by atoms with van der Waals surface area (Å²) in [5, 5.41) is 0. The van der Waals surface area contributed by atoms with Crippen LogP contribution >= 0.6 is 0 Å². The zero-order valence-electron chi connectivity index (χ0n) is 8.74.